The van der Waals surface area contributed by atoms with Crippen LogP contribution >= 0.6 is 15.9 Å². The van der Waals surface area contributed by atoms with Crippen LogP contribution in [-0.2, 0) is 4.79 Å². The van der Waals surface area contributed by atoms with Crippen LogP contribution in [0.2, 0.25) is 0 Å². The summed E-state index contributed by atoms with van der Waals surface area (Å²) in [4.78, 5) is 11.9. The quantitative estimate of drug-likeness (QED) is 0.478. The maximum Gasteiger partial charge on any atom is 0.219 e. The standard InChI is InChI=1S/C13H26BrNO/c1-3-4-5-6-7-8-9-13(16)15-11-10-12(2)14/h12H,3-11H2,1-2H3,(H,15,16). The molecular formula is C13H26BrNO. The SMILES string of the molecule is CCCCCCCCC(=O)NCCC(C)Br. The molecule has 0 heterocycles. The minimum absolute atomic E-state index is 0.212. The van der Waals surface area contributed by atoms with Crippen molar-refractivity contribution in [3.63, 3.8) is 0 Å². The average molecular weight is 292 g/mol. The summed E-state index contributed by atoms with van der Waals surface area (Å²) >= 11 is 3.46. The Morgan fingerprint density at radius 2 is 1.81 bits per heavy atom. The molecule has 96 valence electrons. The molecule has 0 aliphatic carbocycles. The summed E-state index contributed by atoms with van der Waals surface area (Å²) < 4.78 is 0. The Bertz CT molecular complexity index is 171. The van der Waals surface area contributed by atoms with Crippen LogP contribution < -0.4 is 5.32 Å². The number of hydrogen-bond donors (Lipinski definition) is 1. The molecule has 0 rings (SSSR count). The van der Waals surface area contributed by atoms with E-state index in [9.17, 15) is 4.79 Å². The third kappa shape index (κ3) is 12.0. The third-order valence-electron chi connectivity index (χ3n) is 2.62. The molecular weight excluding hydrogens is 266 g/mol. The van der Waals surface area contributed by atoms with Crippen molar-refractivity contribution in [3.8, 4) is 0 Å². The van der Waals surface area contributed by atoms with Gasteiger partial charge in [-0.15, -0.1) is 0 Å². The maximum absolute atomic E-state index is 11.4. The molecule has 0 aromatic carbocycles. The molecule has 0 aromatic heterocycles. The highest BCUT2D eigenvalue weighted by Gasteiger charge is 2.01. The Kier molecular flexibility index (Phi) is 11.4. The fourth-order valence-electron chi connectivity index (χ4n) is 1.56. The molecule has 0 bridgehead atoms. The van der Waals surface area contributed by atoms with Gasteiger partial charge in [-0.3, -0.25) is 4.79 Å². The fraction of sp³-hybridized carbons (Fsp3) is 0.923. The zero-order valence-electron chi connectivity index (χ0n) is 10.7. The largest absolute Gasteiger partial charge is 0.356 e. The third-order valence-corrected chi connectivity index (χ3v) is 3.08. The molecule has 16 heavy (non-hydrogen) atoms. The van der Waals surface area contributed by atoms with Crippen LogP contribution in [0.1, 0.15) is 65.2 Å². The van der Waals surface area contributed by atoms with Gasteiger partial charge in [0, 0.05) is 17.8 Å². The van der Waals surface area contributed by atoms with Crippen LogP contribution in [0.5, 0.6) is 0 Å². The van der Waals surface area contributed by atoms with Gasteiger partial charge in [0.05, 0.1) is 0 Å². The Morgan fingerprint density at radius 3 is 2.44 bits per heavy atom. The average Bonchev–Trinajstić information content (AvgIpc) is 2.22. The minimum Gasteiger partial charge on any atom is -0.356 e. The van der Waals surface area contributed by atoms with Crippen molar-refractivity contribution in [1.82, 2.24) is 5.32 Å². The lowest BCUT2D eigenvalue weighted by Crippen LogP contribution is -2.25. The van der Waals surface area contributed by atoms with E-state index in [2.05, 4.69) is 35.1 Å². The molecule has 0 saturated carbocycles. The van der Waals surface area contributed by atoms with Gasteiger partial charge in [0.15, 0.2) is 0 Å². The molecule has 2 nitrogen and oxygen atoms in total. The van der Waals surface area contributed by atoms with Gasteiger partial charge in [-0.2, -0.15) is 0 Å². The lowest BCUT2D eigenvalue weighted by molar-refractivity contribution is -0.121. The second-order valence-corrected chi connectivity index (χ2v) is 6.00. The van der Waals surface area contributed by atoms with Crippen molar-refractivity contribution >= 4 is 21.8 Å². The molecule has 1 unspecified atom stereocenters. The first-order valence-electron chi connectivity index (χ1n) is 6.57. The molecule has 1 atom stereocenters. The maximum atomic E-state index is 11.4. The van der Waals surface area contributed by atoms with Gasteiger partial charge in [-0.1, -0.05) is 61.9 Å². The Morgan fingerprint density at radius 1 is 1.19 bits per heavy atom. The van der Waals surface area contributed by atoms with Crippen molar-refractivity contribution in [2.24, 2.45) is 0 Å². The normalized spacial score (nSPS) is 12.4. The number of amides is 1. The van der Waals surface area contributed by atoms with Crippen LogP contribution in [0.4, 0.5) is 0 Å². The molecule has 0 radical (unpaired) electrons. The van der Waals surface area contributed by atoms with Crippen LogP contribution in [0, 0.1) is 0 Å². The smallest absolute Gasteiger partial charge is 0.219 e. The monoisotopic (exact) mass is 291 g/mol. The molecule has 0 aliphatic heterocycles. The first kappa shape index (κ1) is 16.0. The van der Waals surface area contributed by atoms with Crippen molar-refractivity contribution in [2.45, 2.75) is 70.0 Å². The zero-order valence-corrected chi connectivity index (χ0v) is 12.3. The van der Waals surface area contributed by atoms with Crippen LogP contribution in [-0.4, -0.2) is 17.3 Å². The van der Waals surface area contributed by atoms with Gasteiger partial charge in [0.2, 0.25) is 5.91 Å². The molecule has 1 N–H and O–H groups in total. The van der Waals surface area contributed by atoms with E-state index in [4.69, 9.17) is 0 Å². The van der Waals surface area contributed by atoms with Crippen molar-refractivity contribution in [2.75, 3.05) is 6.54 Å². The van der Waals surface area contributed by atoms with Crippen molar-refractivity contribution < 1.29 is 4.79 Å². The number of rotatable bonds is 10. The van der Waals surface area contributed by atoms with Crippen LogP contribution in [0.25, 0.3) is 0 Å². The van der Waals surface area contributed by atoms with E-state index in [1.54, 1.807) is 0 Å². The summed E-state index contributed by atoms with van der Waals surface area (Å²) in [5.41, 5.74) is 0. The van der Waals surface area contributed by atoms with Gasteiger partial charge >= 0.3 is 0 Å². The minimum atomic E-state index is 0.212. The fourth-order valence-corrected chi connectivity index (χ4v) is 1.79. The van der Waals surface area contributed by atoms with Crippen LogP contribution in [0.15, 0.2) is 0 Å². The van der Waals surface area contributed by atoms with Gasteiger partial charge < -0.3 is 5.32 Å². The Hall–Kier alpha value is -0.0500. The lowest BCUT2D eigenvalue weighted by atomic mass is 10.1. The number of unbranched alkanes of at least 4 members (excludes halogenated alkanes) is 5. The lowest BCUT2D eigenvalue weighted by Gasteiger charge is -2.06. The van der Waals surface area contributed by atoms with E-state index in [-0.39, 0.29) is 5.91 Å². The summed E-state index contributed by atoms with van der Waals surface area (Å²) in [6.45, 7) is 5.11. The molecule has 0 saturated heterocycles. The first-order chi connectivity index (χ1) is 7.66. The van der Waals surface area contributed by atoms with E-state index in [0.29, 0.717) is 11.2 Å². The highest BCUT2D eigenvalue weighted by Crippen LogP contribution is 2.07. The highest BCUT2D eigenvalue weighted by molar-refractivity contribution is 9.09. The molecule has 0 fully saturated rings. The van der Waals surface area contributed by atoms with Crippen molar-refractivity contribution in [1.29, 1.82) is 0 Å². The summed E-state index contributed by atoms with van der Waals surface area (Å²) in [5.74, 6) is 0.212. The van der Waals surface area contributed by atoms with Gasteiger partial charge in [-0.05, 0) is 12.8 Å². The molecule has 0 aromatic rings. The summed E-state index contributed by atoms with van der Waals surface area (Å²) in [5, 5.41) is 2.95. The first-order valence-corrected chi connectivity index (χ1v) is 7.49. The highest BCUT2D eigenvalue weighted by atomic mass is 79.9. The molecule has 1 amide bonds. The molecule has 0 aliphatic rings. The summed E-state index contributed by atoms with van der Waals surface area (Å²) in [6, 6.07) is 0. The number of alkyl halides is 1. The number of nitrogens with one attached hydrogen (secondary N) is 1. The second-order valence-electron chi connectivity index (χ2n) is 4.44. The zero-order chi connectivity index (χ0) is 12.2. The summed E-state index contributed by atoms with van der Waals surface area (Å²) in [7, 11) is 0. The Balaban J connectivity index is 3.17. The van der Waals surface area contributed by atoms with E-state index in [0.717, 1.165) is 19.4 Å². The Labute approximate surface area is 109 Å². The number of hydrogen-bond acceptors (Lipinski definition) is 1. The number of carbonyl (C=O) groups excluding carboxylic acids is 1. The number of halogens is 1. The predicted molar refractivity (Wildman–Crippen MR) is 74.0 cm³/mol. The topological polar surface area (TPSA) is 29.1 Å². The van der Waals surface area contributed by atoms with Gasteiger partial charge in [-0.25, -0.2) is 0 Å². The van der Waals surface area contributed by atoms with Crippen molar-refractivity contribution in [3.05, 3.63) is 0 Å². The second kappa shape index (κ2) is 11.4. The van der Waals surface area contributed by atoms with Gasteiger partial charge in [0.25, 0.3) is 0 Å². The van der Waals surface area contributed by atoms with Crippen LogP contribution in [0.3, 0.4) is 0 Å². The van der Waals surface area contributed by atoms with Gasteiger partial charge in [0.1, 0.15) is 0 Å². The van der Waals surface area contributed by atoms with E-state index in [1.807, 2.05) is 0 Å². The molecule has 3 heteroatoms. The van der Waals surface area contributed by atoms with E-state index >= 15 is 0 Å². The molecule has 0 spiro atoms. The number of carbonyl (C=O) groups is 1. The summed E-state index contributed by atoms with van der Waals surface area (Å²) in [6.07, 6.45) is 9.14. The van der Waals surface area contributed by atoms with E-state index < -0.39 is 0 Å². The van der Waals surface area contributed by atoms with E-state index in [1.165, 1.54) is 32.1 Å². The predicted octanol–water partition coefficient (Wildman–Crippen LogP) is 4.03.